The SMILES string of the molecule is CCOC(=O)C1=C(c2ccccc2)N=c2s/c(=C\c3cccc([N+](=O)[O-])c3)c(=O)n2[C@@H]1c1ccc(OC)c(OC)c1. The second-order valence-electron chi connectivity index (χ2n) is 8.90. The second-order valence-corrected chi connectivity index (χ2v) is 9.91. The van der Waals surface area contributed by atoms with Crippen molar-refractivity contribution < 1.29 is 23.9 Å². The number of carbonyl (C=O) groups is 1. The van der Waals surface area contributed by atoms with E-state index in [1.807, 2.05) is 30.3 Å². The monoisotopic (exact) mass is 571 g/mol. The Labute approximate surface area is 238 Å². The first-order chi connectivity index (χ1) is 19.9. The van der Waals surface area contributed by atoms with Crippen LogP contribution in [0, 0.1) is 10.1 Å². The average molecular weight is 572 g/mol. The first kappa shape index (κ1) is 27.5. The highest BCUT2D eigenvalue weighted by molar-refractivity contribution is 7.07. The lowest BCUT2D eigenvalue weighted by Crippen LogP contribution is -2.40. The summed E-state index contributed by atoms with van der Waals surface area (Å²) in [6.07, 6.45) is 1.58. The highest BCUT2D eigenvalue weighted by atomic mass is 32.1. The number of carbonyl (C=O) groups excluding carboxylic acids is 1. The van der Waals surface area contributed by atoms with Gasteiger partial charge in [-0.25, -0.2) is 9.79 Å². The van der Waals surface area contributed by atoms with Crippen molar-refractivity contribution in [3.05, 3.63) is 125 Å². The first-order valence-corrected chi connectivity index (χ1v) is 13.4. The molecular formula is C30H25N3O7S. The van der Waals surface area contributed by atoms with Crippen LogP contribution < -0.4 is 24.4 Å². The molecule has 0 amide bonds. The van der Waals surface area contributed by atoms with Gasteiger partial charge in [-0.2, -0.15) is 0 Å². The van der Waals surface area contributed by atoms with Crippen LogP contribution in [0.3, 0.4) is 0 Å². The van der Waals surface area contributed by atoms with E-state index in [1.54, 1.807) is 43.3 Å². The number of methoxy groups -OCH3 is 2. The smallest absolute Gasteiger partial charge is 0.338 e. The average Bonchev–Trinajstić information content (AvgIpc) is 3.30. The number of nitro groups is 1. The van der Waals surface area contributed by atoms with Gasteiger partial charge >= 0.3 is 5.97 Å². The van der Waals surface area contributed by atoms with Gasteiger partial charge in [0.2, 0.25) is 0 Å². The summed E-state index contributed by atoms with van der Waals surface area (Å²) in [7, 11) is 3.02. The third kappa shape index (κ3) is 5.27. The van der Waals surface area contributed by atoms with Crippen LogP contribution in [0.15, 0.2) is 88.2 Å². The van der Waals surface area contributed by atoms with Crippen molar-refractivity contribution in [3.8, 4) is 11.5 Å². The van der Waals surface area contributed by atoms with E-state index in [0.29, 0.717) is 43.2 Å². The Hall–Kier alpha value is -5.03. The predicted octanol–water partition coefficient (Wildman–Crippen LogP) is 3.86. The summed E-state index contributed by atoms with van der Waals surface area (Å²) in [5, 5.41) is 11.3. The molecule has 0 saturated heterocycles. The van der Waals surface area contributed by atoms with Gasteiger partial charge in [-0.3, -0.25) is 19.5 Å². The van der Waals surface area contributed by atoms with Crippen LogP contribution in [-0.4, -0.2) is 36.3 Å². The number of non-ortho nitro benzene ring substituents is 1. The van der Waals surface area contributed by atoms with Gasteiger partial charge in [-0.05, 0) is 36.3 Å². The van der Waals surface area contributed by atoms with E-state index in [2.05, 4.69) is 0 Å². The van der Waals surface area contributed by atoms with Crippen LogP contribution >= 0.6 is 11.3 Å². The molecule has 0 unspecified atom stereocenters. The number of nitro benzene ring substituents is 1. The van der Waals surface area contributed by atoms with Crippen LogP contribution in [0.4, 0.5) is 5.69 Å². The van der Waals surface area contributed by atoms with Gasteiger partial charge in [0.05, 0.1) is 47.6 Å². The van der Waals surface area contributed by atoms with Crippen molar-refractivity contribution in [1.82, 2.24) is 4.57 Å². The van der Waals surface area contributed by atoms with Gasteiger partial charge in [0, 0.05) is 17.7 Å². The number of nitrogens with zero attached hydrogens (tertiary/aromatic N) is 3. The third-order valence-corrected chi connectivity index (χ3v) is 7.46. The number of thiazole rings is 1. The molecule has 10 nitrogen and oxygen atoms in total. The maximum Gasteiger partial charge on any atom is 0.338 e. The highest BCUT2D eigenvalue weighted by Gasteiger charge is 2.35. The molecule has 41 heavy (non-hydrogen) atoms. The molecule has 11 heteroatoms. The van der Waals surface area contributed by atoms with Crippen LogP contribution in [-0.2, 0) is 9.53 Å². The molecule has 0 radical (unpaired) electrons. The van der Waals surface area contributed by atoms with E-state index in [9.17, 15) is 19.7 Å². The topological polar surface area (TPSA) is 122 Å². The molecule has 0 N–H and O–H groups in total. The van der Waals surface area contributed by atoms with Gasteiger partial charge in [0.1, 0.15) is 0 Å². The summed E-state index contributed by atoms with van der Waals surface area (Å²) in [6, 6.07) is 19.5. The molecule has 208 valence electrons. The number of aromatic nitrogens is 1. The summed E-state index contributed by atoms with van der Waals surface area (Å²) in [5.74, 6) is 0.298. The summed E-state index contributed by atoms with van der Waals surface area (Å²) in [4.78, 5) is 43.5. The molecule has 0 bridgehead atoms. The van der Waals surface area contributed by atoms with E-state index in [1.165, 1.54) is 30.9 Å². The zero-order valence-corrected chi connectivity index (χ0v) is 23.2. The quantitative estimate of drug-likeness (QED) is 0.179. The van der Waals surface area contributed by atoms with Crippen LogP contribution in [0.2, 0.25) is 0 Å². The molecule has 1 aliphatic rings. The van der Waals surface area contributed by atoms with Gasteiger partial charge in [0.15, 0.2) is 16.3 Å². The lowest BCUT2D eigenvalue weighted by Gasteiger charge is -2.26. The van der Waals surface area contributed by atoms with E-state index >= 15 is 0 Å². The fourth-order valence-corrected chi connectivity index (χ4v) is 5.66. The van der Waals surface area contributed by atoms with E-state index in [4.69, 9.17) is 19.2 Å². The zero-order chi connectivity index (χ0) is 29.1. The van der Waals surface area contributed by atoms with E-state index in [-0.39, 0.29) is 17.9 Å². The Morgan fingerprint density at radius 3 is 2.49 bits per heavy atom. The first-order valence-electron chi connectivity index (χ1n) is 12.6. The van der Waals surface area contributed by atoms with Gasteiger partial charge < -0.3 is 14.2 Å². The lowest BCUT2D eigenvalue weighted by atomic mass is 9.93. The standard InChI is InChI=1S/C30H25N3O7S/c1-4-40-29(35)25-26(19-10-6-5-7-11-19)31-30-32(27(25)20-13-14-22(38-2)23(17-20)39-3)28(34)24(41-30)16-18-9-8-12-21(15-18)33(36)37/h5-17,27H,4H2,1-3H3/b24-16-/t27-/m1/s1. The fourth-order valence-electron chi connectivity index (χ4n) is 4.66. The number of hydrogen-bond donors (Lipinski definition) is 0. The molecule has 5 rings (SSSR count). The zero-order valence-electron chi connectivity index (χ0n) is 22.4. The largest absolute Gasteiger partial charge is 0.493 e. The Morgan fingerprint density at radius 2 is 1.80 bits per heavy atom. The minimum atomic E-state index is -0.910. The van der Waals surface area contributed by atoms with Crippen molar-refractivity contribution in [1.29, 1.82) is 0 Å². The van der Waals surface area contributed by atoms with Gasteiger partial charge in [-0.15, -0.1) is 0 Å². The molecule has 0 fully saturated rings. The van der Waals surface area contributed by atoms with Crippen molar-refractivity contribution in [2.45, 2.75) is 13.0 Å². The summed E-state index contributed by atoms with van der Waals surface area (Å²) < 4.78 is 18.2. The van der Waals surface area contributed by atoms with Crippen LogP contribution in [0.5, 0.6) is 11.5 Å². The molecule has 0 spiro atoms. The maximum absolute atomic E-state index is 14.0. The maximum atomic E-state index is 14.0. The number of ether oxygens (including phenoxy) is 3. The highest BCUT2D eigenvalue weighted by Crippen LogP contribution is 2.38. The molecule has 0 aliphatic carbocycles. The second kappa shape index (κ2) is 11.6. The van der Waals surface area contributed by atoms with Crippen molar-refractivity contribution in [3.63, 3.8) is 0 Å². The Balaban J connectivity index is 1.83. The van der Waals surface area contributed by atoms with Gasteiger partial charge in [0.25, 0.3) is 11.2 Å². The Morgan fingerprint density at radius 1 is 1.05 bits per heavy atom. The molecule has 3 aromatic carbocycles. The molecule has 1 atom stereocenters. The molecule has 1 aliphatic heterocycles. The minimum Gasteiger partial charge on any atom is -0.493 e. The third-order valence-electron chi connectivity index (χ3n) is 6.48. The van der Waals surface area contributed by atoms with Gasteiger partial charge in [-0.1, -0.05) is 59.9 Å². The van der Waals surface area contributed by atoms with Crippen molar-refractivity contribution >= 4 is 34.8 Å². The van der Waals surface area contributed by atoms with E-state index in [0.717, 1.165) is 11.3 Å². The predicted molar refractivity (Wildman–Crippen MR) is 154 cm³/mol. The molecule has 4 aromatic rings. The molecular weight excluding hydrogens is 546 g/mol. The van der Waals surface area contributed by atoms with Crippen LogP contribution in [0.25, 0.3) is 11.8 Å². The fraction of sp³-hybridized carbons (Fsp3) is 0.167. The van der Waals surface area contributed by atoms with Crippen LogP contribution in [0.1, 0.15) is 29.7 Å². The number of fused-ring (bicyclic) bond motifs is 1. The number of benzene rings is 3. The molecule has 0 saturated carbocycles. The number of rotatable bonds is 8. The summed E-state index contributed by atoms with van der Waals surface area (Å²) in [5.41, 5.74) is 1.82. The normalized spacial score (nSPS) is 14.7. The number of esters is 1. The van der Waals surface area contributed by atoms with Crippen molar-refractivity contribution in [2.24, 2.45) is 4.99 Å². The Bertz CT molecular complexity index is 1860. The minimum absolute atomic E-state index is 0.0920. The summed E-state index contributed by atoms with van der Waals surface area (Å²) in [6.45, 7) is 1.83. The number of hydrogen-bond acceptors (Lipinski definition) is 9. The summed E-state index contributed by atoms with van der Waals surface area (Å²) >= 11 is 1.13. The Kier molecular flexibility index (Phi) is 7.79. The van der Waals surface area contributed by atoms with Crippen molar-refractivity contribution in [2.75, 3.05) is 20.8 Å². The van der Waals surface area contributed by atoms with E-state index < -0.39 is 22.5 Å². The molecule has 1 aromatic heterocycles. The molecule has 2 heterocycles. The lowest BCUT2D eigenvalue weighted by molar-refractivity contribution is -0.384.